The fourth-order valence-corrected chi connectivity index (χ4v) is 4.51. The molecule has 1 aromatic heterocycles. The fourth-order valence-electron chi connectivity index (χ4n) is 4.51. The summed E-state index contributed by atoms with van der Waals surface area (Å²) in [6, 6.07) is 2.25. The number of hydrogen-bond donors (Lipinski definition) is 1. The topological polar surface area (TPSA) is 53.7 Å². The molecule has 1 aromatic rings. The van der Waals surface area contributed by atoms with Gasteiger partial charge < -0.3 is 9.52 Å². The van der Waals surface area contributed by atoms with E-state index in [1.54, 1.807) is 0 Å². The van der Waals surface area contributed by atoms with Crippen molar-refractivity contribution in [1.29, 1.82) is 0 Å². The summed E-state index contributed by atoms with van der Waals surface area (Å²) in [6.07, 6.45) is 5.59. The molecular weight excluding hydrogens is 266 g/mol. The molecule has 3 rings (SSSR count). The van der Waals surface area contributed by atoms with E-state index in [-0.39, 0.29) is 12.1 Å². The zero-order chi connectivity index (χ0) is 15.1. The minimum Gasteiger partial charge on any atom is -0.480 e. The van der Waals surface area contributed by atoms with Gasteiger partial charge in [-0.3, -0.25) is 9.69 Å². The molecule has 4 atom stereocenters. The Bertz CT molecular complexity index is 536. The number of carboxylic acid groups (broad SMARTS) is 1. The Kier molecular flexibility index (Phi) is 3.82. The lowest BCUT2D eigenvalue weighted by Crippen LogP contribution is -2.43. The van der Waals surface area contributed by atoms with Crippen LogP contribution in [-0.4, -0.2) is 28.1 Å². The van der Waals surface area contributed by atoms with Gasteiger partial charge in [-0.15, -0.1) is 0 Å². The molecule has 0 amide bonds. The van der Waals surface area contributed by atoms with Crippen LogP contribution in [0, 0.1) is 19.8 Å². The Morgan fingerprint density at radius 1 is 1.38 bits per heavy atom. The van der Waals surface area contributed by atoms with E-state index in [2.05, 4.69) is 17.9 Å². The molecule has 21 heavy (non-hydrogen) atoms. The van der Waals surface area contributed by atoms with E-state index in [1.807, 2.05) is 13.8 Å². The average molecular weight is 291 g/mol. The number of likely N-dealkylation sites (tertiary alicyclic amines) is 1. The van der Waals surface area contributed by atoms with Gasteiger partial charge in [0.25, 0.3) is 0 Å². The quantitative estimate of drug-likeness (QED) is 0.923. The number of carbonyl (C=O) groups is 1. The number of furan rings is 1. The van der Waals surface area contributed by atoms with Gasteiger partial charge in [0.1, 0.15) is 17.6 Å². The van der Waals surface area contributed by atoms with Gasteiger partial charge in [-0.25, -0.2) is 0 Å². The van der Waals surface area contributed by atoms with E-state index in [4.69, 9.17) is 4.42 Å². The second-order valence-electron chi connectivity index (χ2n) is 6.69. The molecule has 1 aliphatic heterocycles. The predicted octanol–water partition coefficient (Wildman–Crippen LogP) is 3.68. The van der Waals surface area contributed by atoms with Crippen molar-refractivity contribution in [3.63, 3.8) is 0 Å². The lowest BCUT2D eigenvalue weighted by atomic mass is 9.84. The van der Waals surface area contributed by atoms with Crippen LogP contribution in [0.4, 0.5) is 0 Å². The lowest BCUT2D eigenvalue weighted by molar-refractivity contribution is -0.143. The fraction of sp³-hybridized carbons (Fsp3) is 0.706. The Morgan fingerprint density at radius 2 is 2.10 bits per heavy atom. The van der Waals surface area contributed by atoms with Gasteiger partial charge in [0.15, 0.2) is 0 Å². The predicted molar refractivity (Wildman–Crippen MR) is 80.2 cm³/mol. The molecule has 1 saturated carbocycles. The van der Waals surface area contributed by atoms with E-state index < -0.39 is 5.97 Å². The normalized spacial score (nSPS) is 31.1. The van der Waals surface area contributed by atoms with E-state index in [9.17, 15) is 9.90 Å². The molecule has 4 heteroatoms. The summed E-state index contributed by atoms with van der Waals surface area (Å²) >= 11 is 0. The Balaban J connectivity index is 1.92. The first-order valence-electron chi connectivity index (χ1n) is 8.06. The first-order chi connectivity index (χ1) is 9.99. The smallest absolute Gasteiger partial charge is 0.320 e. The molecule has 0 aromatic carbocycles. The lowest BCUT2D eigenvalue weighted by Gasteiger charge is -2.37. The number of aryl methyl sites for hydroxylation is 2. The van der Waals surface area contributed by atoms with Crippen LogP contribution in [-0.2, 0) is 4.79 Å². The van der Waals surface area contributed by atoms with Crippen LogP contribution in [0.1, 0.15) is 62.2 Å². The summed E-state index contributed by atoms with van der Waals surface area (Å²) in [5, 5.41) is 9.64. The summed E-state index contributed by atoms with van der Waals surface area (Å²) in [5.74, 6) is 1.70. The number of fused-ring (bicyclic) bond motifs is 1. The maximum atomic E-state index is 11.7. The highest BCUT2D eigenvalue weighted by Gasteiger charge is 2.47. The molecule has 0 spiro atoms. The number of carboxylic acids is 1. The van der Waals surface area contributed by atoms with Crippen LogP contribution in [0.25, 0.3) is 0 Å². The van der Waals surface area contributed by atoms with Crippen LogP contribution >= 0.6 is 0 Å². The minimum absolute atomic E-state index is 0.108. The van der Waals surface area contributed by atoms with Gasteiger partial charge in [-0.1, -0.05) is 12.8 Å². The maximum Gasteiger partial charge on any atom is 0.320 e. The molecule has 2 heterocycles. The van der Waals surface area contributed by atoms with Crippen molar-refractivity contribution in [1.82, 2.24) is 4.90 Å². The average Bonchev–Trinajstić information content (AvgIpc) is 2.98. The first-order valence-corrected chi connectivity index (χ1v) is 8.06. The Labute approximate surface area is 126 Å². The van der Waals surface area contributed by atoms with Gasteiger partial charge in [-0.2, -0.15) is 0 Å². The maximum absolute atomic E-state index is 11.7. The number of hydrogen-bond acceptors (Lipinski definition) is 3. The van der Waals surface area contributed by atoms with Gasteiger partial charge in [0, 0.05) is 17.6 Å². The third kappa shape index (κ3) is 2.50. The van der Waals surface area contributed by atoms with Gasteiger partial charge in [-0.05, 0) is 52.0 Å². The standard InChI is InChI=1S/C17H25NO3/c1-10-8-14(12(3)21-10)11(2)18-15-7-5-4-6-13(15)9-16(18)17(19)20/h8,11,13,15-16H,4-7,9H2,1-3H3,(H,19,20). The molecule has 0 bridgehead atoms. The molecular formula is C17H25NO3. The molecule has 116 valence electrons. The minimum atomic E-state index is -0.672. The van der Waals surface area contributed by atoms with Crippen LogP contribution in [0.3, 0.4) is 0 Å². The summed E-state index contributed by atoms with van der Waals surface area (Å²) in [7, 11) is 0. The zero-order valence-electron chi connectivity index (χ0n) is 13.1. The number of rotatable bonds is 3. The zero-order valence-corrected chi connectivity index (χ0v) is 13.1. The Morgan fingerprint density at radius 3 is 2.71 bits per heavy atom. The van der Waals surface area contributed by atoms with Gasteiger partial charge in [0.2, 0.25) is 0 Å². The first kappa shape index (κ1) is 14.6. The van der Waals surface area contributed by atoms with Gasteiger partial charge >= 0.3 is 5.97 Å². The van der Waals surface area contributed by atoms with Crippen LogP contribution in [0.15, 0.2) is 10.5 Å². The van der Waals surface area contributed by atoms with Crippen molar-refractivity contribution >= 4 is 5.97 Å². The second-order valence-corrected chi connectivity index (χ2v) is 6.69. The summed E-state index contributed by atoms with van der Waals surface area (Å²) < 4.78 is 5.65. The SMILES string of the molecule is Cc1cc(C(C)N2C(C(=O)O)CC3CCCCC32)c(C)o1. The third-order valence-electron chi connectivity index (χ3n) is 5.40. The van der Waals surface area contributed by atoms with Crippen LogP contribution in [0.5, 0.6) is 0 Å². The second kappa shape index (κ2) is 5.48. The molecule has 2 fully saturated rings. The molecule has 0 radical (unpaired) electrons. The van der Waals surface area contributed by atoms with Crippen LogP contribution < -0.4 is 0 Å². The van der Waals surface area contributed by atoms with Crippen molar-refractivity contribution < 1.29 is 14.3 Å². The highest BCUT2D eigenvalue weighted by Crippen LogP contribution is 2.44. The third-order valence-corrected chi connectivity index (χ3v) is 5.40. The van der Waals surface area contributed by atoms with Gasteiger partial charge in [0.05, 0.1) is 0 Å². The van der Waals surface area contributed by atoms with Crippen molar-refractivity contribution in [2.24, 2.45) is 5.92 Å². The highest BCUT2D eigenvalue weighted by atomic mass is 16.4. The Hall–Kier alpha value is -1.29. The number of nitrogens with zero attached hydrogens (tertiary/aromatic N) is 1. The summed E-state index contributed by atoms with van der Waals surface area (Å²) in [6.45, 7) is 6.05. The van der Waals surface area contributed by atoms with E-state index >= 15 is 0 Å². The van der Waals surface area contributed by atoms with Crippen LogP contribution in [0.2, 0.25) is 0 Å². The van der Waals surface area contributed by atoms with E-state index in [0.717, 1.165) is 29.9 Å². The van der Waals surface area contributed by atoms with Crippen molar-refractivity contribution in [2.75, 3.05) is 0 Å². The van der Waals surface area contributed by atoms with Crippen molar-refractivity contribution in [3.05, 3.63) is 23.2 Å². The number of aliphatic carboxylic acids is 1. The molecule has 1 aliphatic carbocycles. The summed E-state index contributed by atoms with van der Waals surface area (Å²) in [4.78, 5) is 14.0. The van der Waals surface area contributed by atoms with Crippen molar-refractivity contribution in [3.8, 4) is 0 Å². The molecule has 4 nitrogen and oxygen atoms in total. The van der Waals surface area contributed by atoms with E-state index in [0.29, 0.717) is 12.0 Å². The molecule has 2 aliphatic rings. The molecule has 4 unspecified atom stereocenters. The highest BCUT2D eigenvalue weighted by molar-refractivity contribution is 5.74. The largest absolute Gasteiger partial charge is 0.480 e. The molecule has 1 N–H and O–H groups in total. The summed E-state index contributed by atoms with van der Waals surface area (Å²) in [5.41, 5.74) is 1.14. The monoisotopic (exact) mass is 291 g/mol. The van der Waals surface area contributed by atoms with Crippen molar-refractivity contribution in [2.45, 2.75) is 71.0 Å². The molecule has 1 saturated heterocycles. The van der Waals surface area contributed by atoms with E-state index in [1.165, 1.54) is 19.3 Å².